The summed E-state index contributed by atoms with van der Waals surface area (Å²) in [5.41, 5.74) is 1.95. The highest BCUT2D eigenvalue weighted by Crippen LogP contribution is 2.46. The van der Waals surface area contributed by atoms with Crippen molar-refractivity contribution in [3.05, 3.63) is 94.0 Å². The van der Waals surface area contributed by atoms with Gasteiger partial charge in [-0.2, -0.15) is 0 Å². The van der Waals surface area contributed by atoms with Crippen LogP contribution in [0.5, 0.6) is 0 Å². The Kier molecular flexibility index (Phi) is 6.69. The molecule has 1 unspecified atom stereocenters. The second kappa shape index (κ2) is 9.90. The van der Waals surface area contributed by atoms with E-state index in [-0.39, 0.29) is 18.4 Å². The molecule has 0 aliphatic carbocycles. The van der Waals surface area contributed by atoms with Gasteiger partial charge in [0, 0.05) is 59.6 Å². The van der Waals surface area contributed by atoms with E-state index in [1.54, 1.807) is 12.1 Å². The molecule has 35 heavy (non-hydrogen) atoms. The van der Waals surface area contributed by atoms with Crippen molar-refractivity contribution >= 4 is 46.4 Å². The summed E-state index contributed by atoms with van der Waals surface area (Å²) in [7, 11) is 0. The zero-order chi connectivity index (χ0) is 24.4. The van der Waals surface area contributed by atoms with Crippen LogP contribution in [0.25, 0.3) is 0 Å². The lowest BCUT2D eigenvalue weighted by Crippen LogP contribution is -2.57. The first-order valence-electron chi connectivity index (χ1n) is 11.6. The second-order valence-corrected chi connectivity index (χ2v) is 9.74. The van der Waals surface area contributed by atoms with E-state index in [4.69, 9.17) is 23.2 Å². The van der Waals surface area contributed by atoms with E-state index in [1.165, 1.54) is 0 Å². The molecule has 5 rings (SSSR count). The van der Waals surface area contributed by atoms with Crippen LogP contribution in [-0.2, 0) is 21.5 Å². The molecule has 8 heteroatoms. The number of hydrogen-bond acceptors (Lipinski definition) is 4. The van der Waals surface area contributed by atoms with Crippen molar-refractivity contribution in [1.29, 1.82) is 0 Å². The summed E-state index contributed by atoms with van der Waals surface area (Å²) in [6.45, 7) is 2.85. The molecule has 180 valence electrons. The van der Waals surface area contributed by atoms with E-state index in [2.05, 4.69) is 10.6 Å². The average Bonchev–Trinajstić information content (AvgIpc) is 3.14. The van der Waals surface area contributed by atoms with Gasteiger partial charge in [-0.3, -0.25) is 9.59 Å². The van der Waals surface area contributed by atoms with Gasteiger partial charge in [0.15, 0.2) is 5.54 Å². The number of piperazine rings is 1. The molecule has 1 saturated heterocycles. The lowest BCUT2D eigenvalue weighted by molar-refractivity contribution is -0.130. The van der Waals surface area contributed by atoms with Crippen LogP contribution in [0.1, 0.15) is 11.1 Å². The topological polar surface area (TPSA) is 64.7 Å². The SMILES string of the molecule is O=C(CN(c1ccccc1)C1(Cc2cccc(Cl)c2)C(=O)Nc2cc(Cl)ccc21)N1CCNCC1. The molecule has 0 spiro atoms. The summed E-state index contributed by atoms with van der Waals surface area (Å²) >= 11 is 12.6. The van der Waals surface area contributed by atoms with Gasteiger partial charge in [-0.05, 0) is 42.0 Å². The molecule has 6 nitrogen and oxygen atoms in total. The number of nitrogens with one attached hydrogen (secondary N) is 2. The Hall–Kier alpha value is -3.06. The molecule has 2 heterocycles. The highest BCUT2D eigenvalue weighted by atomic mass is 35.5. The van der Waals surface area contributed by atoms with E-state index < -0.39 is 5.54 Å². The predicted octanol–water partition coefficient (Wildman–Crippen LogP) is 4.32. The van der Waals surface area contributed by atoms with Gasteiger partial charge in [0.25, 0.3) is 5.91 Å². The minimum Gasteiger partial charge on any atom is -0.344 e. The van der Waals surface area contributed by atoms with Crippen molar-refractivity contribution in [3.8, 4) is 0 Å². The Morgan fingerprint density at radius 3 is 2.43 bits per heavy atom. The monoisotopic (exact) mass is 508 g/mol. The van der Waals surface area contributed by atoms with Crippen molar-refractivity contribution in [1.82, 2.24) is 10.2 Å². The minimum atomic E-state index is -1.17. The van der Waals surface area contributed by atoms with Crippen molar-refractivity contribution < 1.29 is 9.59 Å². The number of amides is 2. The summed E-state index contributed by atoms with van der Waals surface area (Å²) in [4.78, 5) is 31.3. The van der Waals surface area contributed by atoms with Gasteiger partial charge >= 0.3 is 0 Å². The first-order chi connectivity index (χ1) is 17.0. The third kappa shape index (κ3) is 4.61. The van der Waals surface area contributed by atoms with Crippen LogP contribution >= 0.6 is 23.2 Å². The number of hydrogen-bond donors (Lipinski definition) is 2. The minimum absolute atomic E-state index is 0.0176. The number of para-hydroxylation sites is 1. The molecule has 1 fully saturated rings. The van der Waals surface area contributed by atoms with Crippen molar-refractivity contribution in [2.45, 2.75) is 12.0 Å². The van der Waals surface area contributed by atoms with Crippen LogP contribution in [0.3, 0.4) is 0 Å². The summed E-state index contributed by atoms with van der Waals surface area (Å²) in [6, 6.07) is 22.6. The molecule has 2 aliphatic rings. The van der Waals surface area contributed by atoms with E-state index >= 15 is 0 Å². The largest absolute Gasteiger partial charge is 0.344 e. The third-order valence-corrected chi connectivity index (χ3v) is 7.16. The Balaban J connectivity index is 1.66. The van der Waals surface area contributed by atoms with Crippen LogP contribution in [0.2, 0.25) is 10.0 Å². The molecule has 3 aromatic rings. The van der Waals surface area contributed by atoms with Gasteiger partial charge in [-0.15, -0.1) is 0 Å². The standard InChI is InChI=1S/C27H26Cl2N4O2/c28-20-6-4-5-19(15-20)17-27(23-10-9-21(29)16-24(23)31-26(27)35)33(22-7-2-1-3-8-22)18-25(34)32-13-11-30-12-14-32/h1-10,15-16,30H,11-14,17-18H2,(H,31,35). The quantitative estimate of drug-likeness (QED) is 0.520. The van der Waals surface area contributed by atoms with Crippen LogP contribution in [0.4, 0.5) is 11.4 Å². The summed E-state index contributed by atoms with van der Waals surface area (Å²) < 4.78 is 0. The number of anilines is 2. The van der Waals surface area contributed by atoms with Crippen molar-refractivity contribution in [2.24, 2.45) is 0 Å². The van der Waals surface area contributed by atoms with Gasteiger partial charge < -0.3 is 20.4 Å². The average molecular weight is 509 g/mol. The zero-order valence-corrected chi connectivity index (χ0v) is 20.6. The molecule has 1 atom stereocenters. The fraction of sp³-hybridized carbons (Fsp3) is 0.259. The summed E-state index contributed by atoms with van der Waals surface area (Å²) in [5, 5.41) is 7.44. The highest BCUT2D eigenvalue weighted by Gasteiger charge is 2.52. The van der Waals surface area contributed by atoms with Gasteiger partial charge in [0.05, 0.1) is 6.54 Å². The third-order valence-electron chi connectivity index (χ3n) is 6.69. The molecule has 2 amide bonds. The van der Waals surface area contributed by atoms with Crippen molar-refractivity contribution in [2.75, 3.05) is 42.9 Å². The van der Waals surface area contributed by atoms with Crippen LogP contribution in [-0.4, -0.2) is 49.4 Å². The highest BCUT2D eigenvalue weighted by molar-refractivity contribution is 6.31. The number of fused-ring (bicyclic) bond motifs is 1. The van der Waals surface area contributed by atoms with Crippen molar-refractivity contribution in [3.63, 3.8) is 0 Å². The maximum Gasteiger partial charge on any atom is 0.255 e. The molecule has 0 radical (unpaired) electrons. The first kappa shape index (κ1) is 23.7. The Morgan fingerprint density at radius 2 is 1.69 bits per heavy atom. The molecule has 3 aromatic carbocycles. The Morgan fingerprint density at radius 1 is 0.943 bits per heavy atom. The molecule has 0 saturated carbocycles. The number of benzene rings is 3. The van der Waals surface area contributed by atoms with Crippen LogP contribution in [0.15, 0.2) is 72.8 Å². The normalized spacial score (nSPS) is 19.3. The number of nitrogens with zero attached hydrogens (tertiary/aromatic N) is 2. The van der Waals surface area contributed by atoms with E-state index in [1.807, 2.05) is 70.5 Å². The first-order valence-corrected chi connectivity index (χ1v) is 12.4. The summed E-state index contributed by atoms with van der Waals surface area (Å²) in [6.07, 6.45) is 0.331. The maximum atomic E-state index is 14.0. The smallest absolute Gasteiger partial charge is 0.255 e. The van der Waals surface area contributed by atoms with Gasteiger partial charge in [0.2, 0.25) is 5.91 Å². The fourth-order valence-corrected chi connectivity index (χ4v) is 5.40. The van der Waals surface area contributed by atoms with Gasteiger partial charge in [0.1, 0.15) is 0 Å². The predicted molar refractivity (Wildman–Crippen MR) is 140 cm³/mol. The number of carbonyl (C=O) groups is 2. The number of carbonyl (C=O) groups excluding carboxylic acids is 2. The lowest BCUT2D eigenvalue weighted by atomic mass is 9.82. The van der Waals surface area contributed by atoms with E-state index in [9.17, 15) is 9.59 Å². The summed E-state index contributed by atoms with van der Waals surface area (Å²) in [5.74, 6) is -0.220. The fourth-order valence-electron chi connectivity index (χ4n) is 5.01. The van der Waals surface area contributed by atoms with Gasteiger partial charge in [-0.1, -0.05) is 59.6 Å². The van der Waals surface area contributed by atoms with Crippen LogP contribution < -0.4 is 15.5 Å². The van der Waals surface area contributed by atoms with Crippen LogP contribution in [0, 0.1) is 0 Å². The van der Waals surface area contributed by atoms with E-state index in [0.717, 1.165) is 29.9 Å². The number of halogens is 2. The number of rotatable bonds is 6. The molecular weight excluding hydrogens is 483 g/mol. The van der Waals surface area contributed by atoms with Gasteiger partial charge in [-0.25, -0.2) is 0 Å². The molecule has 0 bridgehead atoms. The Labute approximate surface area is 214 Å². The molecule has 2 aliphatic heterocycles. The lowest BCUT2D eigenvalue weighted by Gasteiger charge is -2.42. The zero-order valence-electron chi connectivity index (χ0n) is 19.1. The molecular formula is C27H26Cl2N4O2. The molecule has 0 aromatic heterocycles. The maximum absolute atomic E-state index is 14.0. The molecule has 2 N–H and O–H groups in total. The second-order valence-electron chi connectivity index (χ2n) is 8.86. The Bertz CT molecular complexity index is 1250. The van der Waals surface area contributed by atoms with E-state index in [0.29, 0.717) is 35.2 Å².